The Labute approximate surface area is 175 Å². The number of nitrogens with zero attached hydrogens (tertiary/aromatic N) is 1. The van der Waals surface area contributed by atoms with Gasteiger partial charge in [-0.2, -0.15) is 0 Å². The second kappa shape index (κ2) is 10.2. The van der Waals surface area contributed by atoms with Crippen LogP contribution >= 0.6 is 0 Å². The van der Waals surface area contributed by atoms with Crippen LogP contribution in [-0.4, -0.2) is 30.1 Å². The van der Waals surface area contributed by atoms with E-state index in [0.717, 1.165) is 11.3 Å². The van der Waals surface area contributed by atoms with Gasteiger partial charge in [0.1, 0.15) is 5.75 Å². The van der Waals surface area contributed by atoms with Gasteiger partial charge in [0.05, 0.1) is 25.0 Å². The van der Waals surface area contributed by atoms with Gasteiger partial charge < -0.3 is 19.2 Å². The Morgan fingerprint density at radius 2 is 1.73 bits per heavy atom. The third kappa shape index (κ3) is 5.70. The van der Waals surface area contributed by atoms with Crippen molar-refractivity contribution in [1.29, 1.82) is 0 Å². The average Bonchev–Trinajstić information content (AvgIpc) is 3.23. The van der Waals surface area contributed by atoms with Gasteiger partial charge >= 0.3 is 5.97 Å². The van der Waals surface area contributed by atoms with Gasteiger partial charge in [-0.25, -0.2) is 9.78 Å². The van der Waals surface area contributed by atoms with Crippen LogP contribution in [0, 0.1) is 0 Å². The quantitative estimate of drug-likeness (QED) is 0.525. The molecule has 0 bridgehead atoms. The van der Waals surface area contributed by atoms with Crippen molar-refractivity contribution >= 4 is 17.6 Å². The summed E-state index contributed by atoms with van der Waals surface area (Å²) in [4.78, 5) is 28.1. The lowest BCUT2D eigenvalue weighted by atomic mass is 10.2. The lowest BCUT2D eigenvalue weighted by Crippen LogP contribution is -2.12. The monoisotopic (exact) mass is 408 g/mol. The van der Waals surface area contributed by atoms with Gasteiger partial charge in [-0.3, -0.25) is 4.79 Å². The molecule has 0 atom stereocenters. The second-order valence-electron chi connectivity index (χ2n) is 6.42. The fourth-order valence-electron chi connectivity index (χ4n) is 2.79. The van der Waals surface area contributed by atoms with Crippen LogP contribution in [0.25, 0.3) is 11.3 Å². The second-order valence-corrected chi connectivity index (χ2v) is 6.42. The van der Waals surface area contributed by atoms with Crippen molar-refractivity contribution in [3.8, 4) is 17.1 Å². The van der Waals surface area contributed by atoms with E-state index in [1.165, 1.54) is 0 Å². The van der Waals surface area contributed by atoms with Crippen LogP contribution in [0.15, 0.2) is 59.1 Å². The number of benzene rings is 2. The first-order valence-corrected chi connectivity index (χ1v) is 9.84. The molecule has 0 aliphatic rings. The molecule has 0 fully saturated rings. The summed E-state index contributed by atoms with van der Waals surface area (Å²) in [7, 11) is 0. The fourth-order valence-corrected chi connectivity index (χ4v) is 2.79. The maximum absolute atomic E-state index is 12.2. The fraction of sp³-hybridized carbons (Fsp3) is 0.261. The van der Waals surface area contributed by atoms with Crippen LogP contribution in [0.4, 0.5) is 5.69 Å². The summed E-state index contributed by atoms with van der Waals surface area (Å²) in [5, 5.41) is 2.79. The third-order valence-corrected chi connectivity index (χ3v) is 4.25. The molecular weight excluding hydrogens is 384 g/mol. The SMILES string of the molecule is CCOC(=O)c1ccc(NC(=O)CCc2ncc(-c3ccc(OCC)cc3)o2)cc1. The first-order valence-electron chi connectivity index (χ1n) is 9.84. The van der Waals surface area contributed by atoms with Gasteiger partial charge in [-0.15, -0.1) is 0 Å². The van der Waals surface area contributed by atoms with Crippen LogP contribution in [-0.2, 0) is 16.0 Å². The van der Waals surface area contributed by atoms with Crippen LogP contribution in [0.5, 0.6) is 5.75 Å². The highest BCUT2D eigenvalue weighted by molar-refractivity contribution is 5.93. The minimum Gasteiger partial charge on any atom is -0.494 e. The number of nitrogens with one attached hydrogen (secondary N) is 1. The highest BCUT2D eigenvalue weighted by Crippen LogP contribution is 2.23. The average molecular weight is 408 g/mol. The number of aryl methyl sites for hydroxylation is 1. The molecule has 0 aliphatic carbocycles. The molecule has 0 saturated carbocycles. The molecule has 3 aromatic rings. The maximum atomic E-state index is 12.2. The van der Waals surface area contributed by atoms with E-state index in [-0.39, 0.29) is 18.3 Å². The van der Waals surface area contributed by atoms with Crippen molar-refractivity contribution in [2.45, 2.75) is 26.7 Å². The number of esters is 1. The van der Waals surface area contributed by atoms with E-state index in [1.807, 2.05) is 31.2 Å². The Morgan fingerprint density at radius 3 is 2.40 bits per heavy atom. The minimum atomic E-state index is -0.386. The molecule has 3 rings (SSSR count). The van der Waals surface area contributed by atoms with Gasteiger partial charge in [-0.05, 0) is 62.4 Å². The number of aromatic nitrogens is 1. The van der Waals surface area contributed by atoms with Gasteiger partial charge in [0.2, 0.25) is 5.91 Å². The summed E-state index contributed by atoms with van der Waals surface area (Å²) in [5.41, 5.74) is 1.94. The number of anilines is 1. The number of rotatable bonds is 9. The van der Waals surface area contributed by atoms with Gasteiger partial charge in [0, 0.05) is 24.1 Å². The standard InChI is InChI=1S/C23H24N2O5/c1-3-28-19-11-7-16(8-12-19)20-15-24-22(30-20)14-13-21(26)25-18-9-5-17(6-10-18)23(27)29-4-2/h5-12,15H,3-4,13-14H2,1-2H3,(H,25,26). The van der Waals surface area contributed by atoms with Crippen molar-refractivity contribution in [2.75, 3.05) is 18.5 Å². The zero-order chi connectivity index (χ0) is 21.3. The van der Waals surface area contributed by atoms with E-state index in [2.05, 4.69) is 10.3 Å². The van der Waals surface area contributed by atoms with Crippen molar-refractivity contribution in [3.05, 3.63) is 66.2 Å². The predicted octanol–water partition coefficient (Wildman–Crippen LogP) is 4.49. The predicted molar refractivity (Wildman–Crippen MR) is 112 cm³/mol. The van der Waals surface area contributed by atoms with Crippen LogP contribution in [0.1, 0.15) is 36.5 Å². The molecule has 30 heavy (non-hydrogen) atoms. The highest BCUT2D eigenvalue weighted by atomic mass is 16.5. The zero-order valence-electron chi connectivity index (χ0n) is 17.0. The molecular formula is C23H24N2O5. The summed E-state index contributed by atoms with van der Waals surface area (Å²) in [6, 6.07) is 14.1. The first-order chi connectivity index (χ1) is 14.6. The summed E-state index contributed by atoms with van der Waals surface area (Å²) in [5.74, 6) is 1.38. The minimum absolute atomic E-state index is 0.167. The molecule has 0 aliphatic heterocycles. The molecule has 1 heterocycles. The molecule has 0 saturated heterocycles. The maximum Gasteiger partial charge on any atom is 0.338 e. The molecule has 7 nitrogen and oxygen atoms in total. The molecule has 1 N–H and O–H groups in total. The van der Waals surface area contributed by atoms with Gasteiger partial charge in [-0.1, -0.05) is 0 Å². The van der Waals surface area contributed by atoms with Gasteiger partial charge in [0.25, 0.3) is 0 Å². The van der Waals surface area contributed by atoms with Crippen LogP contribution in [0.3, 0.4) is 0 Å². The molecule has 0 spiro atoms. The van der Waals surface area contributed by atoms with E-state index in [9.17, 15) is 9.59 Å². The lowest BCUT2D eigenvalue weighted by molar-refractivity contribution is -0.116. The Balaban J connectivity index is 1.51. The summed E-state index contributed by atoms with van der Waals surface area (Å²) >= 11 is 0. The Morgan fingerprint density at radius 1 is 1.00 bits per heavy atom. The summed E-state index contributed by atoms with van der Waals surface area (Å²) in [6.45, 7) is 4.62. The van der Waals surface area contributed by atoms with Crippen molar-refractivity contribution in [3.63, 3.8) is 0 Å². The van der Waals surface area contributed by atoms with E-state index < -0.39 is 0 Å². The molecule has 2 aromatic carbocycles. The van der Waals surface area contributed by atoms with Crippen molar-refractivity contribution in [2.24, 2.45) is 0 Å². The van der Waals surface area contributed by atoms with Crippen LogP contribution < -0.4 is 10.1 Å². The number of hydrogen-bond acceptors (Lipinski definition) is 6. The van der Waals surface area contributed by atoms with E-state index in [1.54, 1.807) is 37.4 Å². The molecule has 156 valence electrons. The normalized spacial score (nSPS) is 10.5. The Kier molecular flexibility index (Phi) is 7.21. The topological polar surface area (TPSA) is 90.7 Å². The van der Waals surface area contributed by atoms with E-state index in [4.69, 9.17) is 13.9 Å². The van der Waals surface area contributed by atoms with Crippen molar-refractivity contribution < 1.29 is 23.5 Å². The summed E-state index contributed by atoms with van der Waals surface area (Å²) in [6.07, 6.45) is 2.25. The number of amides is 1. The number of carbonyl (C=O) groups is 2. The highest BCUT2D eigenvalue weighted by Gasteiger charge is 2.11. The lowest BCUT2D eigenvalue weighted by Gasteiger charge is -2.06. The van der Waals surface area contributed by atoms with E-state index >= 15 is 0 Å². The number of carbonyl (C=O) groups excluding carboxylic acids is 2. The molecule has 0 radical (unpaired) electrons. The van der Waals surface area contributed by atoms with Crippen molar-refractivity contribution in [1.82, 2.24) is 4.98 Å². The van der Waals surface area contributed by atoms with Gasteiger partial charge in [0.15, 0.2) is 11.7 Å². The molecule has 1 amide bonds. The smallest absolute Gasteiger partial charge is 0.338 e. The number of oxazole rings is 1. The van der Waals surface area contributed by atoms with E-state index in [0.29, 0.717) is 42.5 Å². The first kappa shape index (κ1) is 21.1. The largest absolute Gasteiger partial charge is 0.494 e. The van der Waals surface area contributed by atoms with Crippen LogP contribution in [0.2, 0.25) is 0 Å². The number of ether oxygens (including phenoxy) is 2. The third-order valence-electron chi connectivity index (χ3n) is 4.25. The Hall–Kier alpha value is -3.61. The number of hydrogen-bond donors (Lipinski definition) is 1. The molecule has 1 aromatic heterocycles. The Bertz CT molecular complexity index is 978. The summed E-state index contributed by atoms with van der Waals surface area (Å²) < 4.78 is 16.1. The zero-order valence-corrected chi connectivity index (χ0v) is 17.0. The molecule has 7 heteroatoms. The molecule has 0 unspecified atom stereocenters.